The average molecular weight is 783 g/mol. The predicted octanol–water partition coefficient (Wildman–Crippen LogP) is 14.9. The number of carbonyl (C=O) groups is 3. The van der Waals surface area contributed by atoms with Crippen LogP contribution >= 0.6 is 0 Å². The Hall–Kier alpha value is -2.89. The lowest BCUT2D eigenvalue weighted by Crippen LogP contribution is -2.30. The standard InChI is InChI=1S/C50H86O6/c1-4-7-10-13-16-19-22-24-26-28-31-34-37-40-43-49(52)55-46-47(45-54-48(51)42-39-36-33-30-27-21-18-15-12-9-6-3)56-50(53)44-41-38-35-32-29-25-23-20-17-14-11-8-5-2/h11,13-16,18,20,22-24,47H,4-10,12,17,19,21,25-46H2,1-3H3/b14-11-,16-13-,18-15-,23-20-,24-22-. The van der Waals surface area contributed by atoms with Crippen molar-refractivity contribution >= 4 is 17.9 Å². The highest BCUT2D eigenvalue weighted by atomic mass is 16.6. The molecule has 6 nitrogen and oxygen atoms in total. The molecule has 0 rings (SSSR count). The fourth-order valence-electron chi connectivity index (χ4n) is 6.12. The molecule has 56 heavy (non-hydrogen) atoms. The van der Waals surface area contributed by atoms with Gasteiger partial charge in [-0.1, -0.05) is 171 Å². The maximum atomic E-state index is 12.7. The smallest absolute Gasteiger partial charge is 0.306 e. The van der Waals surface area contributed by atoms with Crippen LogP contribution in [-0.2, 0) is 28.6 Å². The van der Waals surface area contributed by atoms with Gasteiger partial charge in [-0.15, -0.1) is 0 Å². The van der Waals surface area contributed by atoms with Crippen molar-refractivity contribution in [3.8, 4) is 0 Å². The fraction of sp³-hybridized carbons (Fsp3) is 0.740. The van der Waals surface area contributed by atoms with E-state index in [1.807, 2.05) is 0 Å². The van der Waals surface area contributed by atoms with Gasteiger partial charge in [-0.2, -0.15) is 0 Å². The molecule has 0 aliphatic rings. The molecule has 1 unspecified atom stereocenters. The third kappa shape index (κ3) is 42.3. The molecule has 0 heterocycles. The minimum absolute atomic E-state index is 0.0896. The summed E-state index contributed by atoms with van der Waals surface area (Å²) in [5.74, 6) is -0.931. The van der Waals surface area contributed by atoms with Crippen LogP contribution in [0, 0.1) is 0 Å². The number of rotatable bonds is 41. The van der Waals surface area contributed by atoms with Crippen LogP contribution in [0.5, 0.6) is 0 Å². The van der Waals surface area contributed by atoms with Gasteiger partial charge in [0.2, 0.25) is 0 Å². The molecule has 0 aliphatic carbocycles. The van der Waals surface area contributed by atoms with E-state index in [1.165, 1.54) is 64.2 Å². The number of hydrogen-bond donors (Lipinski definition) is 0. The molecule has 1 atom stereocenters. The van der Waals surface area contributed by atoms with E-state index < -0.39 is 6.10 Å². The van der Waals surface area contributed by atoms with Crippen molar-refractivity contribution in [2.45, 2.75) is 226 Å². The Bertz CT molecular complexity index is 1040. The minimum Gasteiger partial charge on any atom is -0.462 e. The van der Waals surface area contributed by atoms with Gasteiger partial charge >= 0.3 is 17.9 Å². The average Bonchev–Trinajstić information content (AvgIpc) is 3.19. The molecule has 0 amide bonds. The topological polar surface area (TPSA) is 78.9 Å². The number of allylic oxidation sites excluding steroid dienone is 10. The summed E-state index contributed by atoms with van der Waals surface area (Å²) in [6.45, 7) is 6.45. The van der Waals surface area contributed by atoms with E-state index in [2.05, 4.69) is 81.5 Å². The molecule has 0 N–H and O–H groups in total. The lowest BCUT2D eigenvalue weighted by molar-refractivity contribution is -0.167. The molecule has 0 spiro atoms. The summed E-state index contributed by atoms with van der Waals surface area (Å²) in [6, 6.07) is 0. The number of carbonyl (C=O) groups excluding carboxylic acids is 3. The summed E-state index contributed by atoms with van der Waals surface area (Å²) in [6.07, 6.45) is 53.4. The third-order valence-corrected chi connectivity index (χ3v) is 9.70. The molecule has 0 aromatic carbocycles. The van der Waals surface area contributed by atoms with Crippen molar-refractivity contribution in [3.63, 3.8) is 0 Å². The van der Waals surface area contributed by atoms with Gasteiger partial charge in [0, 0.05) is 19.3 Å². The van der Waals surface area contributed by atoms with Gasteiger partial charge in [-0.05, 0) is 89.9 Å². The zero-order valence-electron chi connectivity index (χ0n) is 36.6. The van der Waals surface area contributed by atoms with Gasteiger partial charge in [-0.3, -0.25) is 14.4 Å². The van der Waals surface area contributed by atoms with Crippen LogP contribution < -0.4 is 0 Å². The molecule has 6 heteroatoms. The first-order valence-corrected chi connectivity index (χ1v) is 23.3. The van der Waals surface area contributed by atoms with Crippen LogP contribution in [0.25, 0.3) is 0 Å². The Morgan fingerprint density at radius 2 is 0.679 bits per heavy atom. The van der Waals surface area contributed by atoms with E-state index in [1.54, 1.807) is 0 Å². The Morgan fingerprint density at radius 1 is 0.357 bits per heavy atom. The Kier molecular flexibility index (Phi) is 42.5. The van der Waals surface area contributed by atoms with Crippen molar-refractivity contribution in [1.29, 1.82) is 0 Å². The summed E-state index contributed by atoms with van der Waals surface area (Å²) < 4.78 is 16.7. The molecule has 0 saturated heterocycles. The number of ether oxygens (including phenoxy) is 3. The summed E-state index contributed by atoms with van der Waals surface area (Å²) in [7, 11) is 0. The summed E-state index contributed by atoms with van der Waals surface area (Å²) in [4.78, 5) is 37.8. The van der Waals surface area contributed by atoms with Crippen molar-refractivity contribution in [2.24, 2.45) is 0 Å². The van der Waals surface area contributed by atoms with Crippen LogP contribution in [0.2, 0.25) is 0 Å². The summed E-state index contributed by atoms with van der Waals surface area (Å²) in [5.41, 5.74) is 0. The van der Waals surface area contributed by atoms with Gasteiger partial charge < -0.3 is 14.2 Å². The van der Waals surface area contributed by atoms with Crippen molar-refractivity contribution in [1.82, 2.24) is 0 Å². The van der Waals surface area contributed by atoms with E-state index in [9.17, 15) is 14.4 Å². The maximum absolute atomic E-state index is 12.7. The lowest BCUT2D eigenvalue weighted by atomic mass is 10.1. The molecule has 0 aliphatic heterocycles. The largest absolute Gasteiger partial charge is 0.462 e. The second-order valence-corrected chi connectivity index (χ2v) is 15.3. The highest BCUT2D eigenvalue weighted by molar-refractivity contribution is 5.71. The van der Waals surface area contributed by atoms with Crippen LogP contribution in [0.4, 0.5) is 0 Å². The van der Waals surface area contributed by atoms with E-state index in [-0.39, 0.29) is 31.1 Å². The maximum Gasteiger partial charge on any atom is 0.306 e. The van der Waals surface area contributed by atoms with Gasteiger partial charge in [0.25, 0.3) is 0 Å². The van der Waals surface area contributed by atoms with Crippen molar-refractivity contribution in [3.05, 3.63) is 60.8 Å². The van der Waals surface area contributed by atoms with Gasteiger partial charge in [-0.25, -0.2) is 0 Å². The van der Waals surface area contributed by atoms with Crippen LogP contribution in [-0.4, -0.2) is 37.2 Å². The van der Waals surface area contributed by atoms with E-state index in [0.717, 1.165) is 116 Å². The third-order valence-electron chi connectivity index (χ3n) is 9.70. The zero-order chi connectivity index (χ0) is 40.8. The number of esters is 3. The fourth-order valence-corrected chi connectivity index (χ4v) is 6.12. The van der Waals surface area contributed by atoms with Gasteiger partial charge in [0.05, 0.1) is 0 Å². The molecule has 0 radical (unpaired) electrons. The quantitative estimate of drug-likeness (QED) is 0.0266. The molecule has 0 aromatic rings. The Morgan fingerprint density at radius 3 is 1.07 bits per heavy atom. The van der Waals surface area contributed by atoms with Gasteiger partial charge in [0.1, 0.15) is 13.2 Å². The molecule has 0 fully saturated rings. The summed E-state index contributed by atoms with van der Waals surface area (Å²) >= 11 is 0. The molecule has 0 bridgehead atoms. The Balaban J connectivity index is 4.43. The highest BCUT2D eigenvalue weighted by Crippen LogP contribution is 2.13. The highest BCUT2D eigenvalue weighted by Gasteiger charge is 2.19. The summed E-state index contributed by atoms with van der Waals surface area (Å²) in [5, 5.41) is 0. The number of unbranched alkanes of at least 4 members (excludes halogenated alkanes) is 20. The second kappa shape index (κ2) is 44.8. The predicted molar refractivity (Wildman–Crippen MR) is 238 cm³/mol. The van der Waals surface area contributed by atoms with Crippen LogP contribution in [0.1, 0.15) is 220 Å². The monoisotopic (exact) mass is 783 g/mol. The molecule has 0 aromatic heterocycles. The first kappa shape index (κ1) is 53.1. The van der Waals surface area contributed by atoms with E-state index in [4.69, 9.17) is 14.2 Å². The normalized spacial score (nSPS) is 12.6. The van der Waals surface area contributed by atoms with Gasteiger partial charge in [0.15, 0.2) is 6.10 Å². The molecule has 0 saturated carbocycles. The molecule has 322 valence electrons. The molecular formula is C50H86O6. The first-order chi connectivity index (χ1) is 27.5. The Labute approximate surface area is 345 Å². The van der Waals surface area contributed by atoms with E-state index in [0.29, 0.717) is 19.3 Å². The van der Waals surface area contributed by atoms with Crippen LogP contribution in [0.15, 0.2) is 60.8 Å². The second-order valence-electron chi connectivity index (χ2n) is 15.3. The van der Waals surface area contributed by atoms with Crippen LogP contribution in [0.3, 0.4) is 0 Å². The van der Waals surface area contributed by atoms with E-state index >= 15 is 0 Å². The lowest BCUT2D eigenvalue weighted by Gasteiger charge is -2.18. The first-order valence-electron chi connectivity index (χ1n) is 23.3. The SMILES string of the molecule is CCC/C=C\C/C=C\CCCCCCCC(=O)OC(COC(=O)CCCCCCC/C=C\C/C=C\CCCC)COC(=O)CCCCCCC/C=C\CCCC. The zero-order valence-corrected chi connectivity index (χ0v) is 36.6. The number of hydrogen-bond acceptors (Lipinski definition) is 6. The molecular weight excluding hydrogens is 697 g/mol. The van der Waals surface area contributed by atoms with Crippen molar-refractivity contribution < 1.29 is 28.6 Å². The van der Waals surface area contributed by atoms with Crippen molar-refractivity contribution in [2.75, 3.05) is 13.2 Å². The minimum atomic E-state index is -0.788.